The Morgan fingerprint density at radius 1 is 1.00 bits per heavy atom. The fourth-order valence-electron chi connectivity index (χ4n) is 1.07. The molecule has 1 heterocycles. The van der Waals surface area contributed by atoms with Crippen molar-refractivity contribution in [2.24, 2.45) is 0 Å². The number of fused-ring (bicyclic) bond motifs is 1. The first-order valence-electron chi connectivity index (χ1n) is 3.32. The van der Waals surface area contributed by atoms with Crippen LogP contribution >= 0.6 is 0 Å². The molecule has 49 valence electrons. The maximum atomic E-state index is 3.04. The predicted molar refractivity (Wildman–Crippen MR) is 41.9 cm³/mol. The molecule has 0 unspecified atom stereocenters. The van der Waals surface area contributed by atoms with Gasteiger partial charge in [0.2, 0.25) is 0 Å². The minimum atomic E-state index is 1.25. The van der Waals surface area contributed by atoms with Crippen LogP contribution in [0.3, 0.4) is 0 Å². The monoisotopic (exact) mass is 130 g/mol. The average Bonchev–Trinajstić information content (AvgIpc) is 2.05. The zero-order valence-corrected chi connectivity index (χ0v) is 5.54. The van der Waals surface area contributed by atoms with Gasteiger partial charge >= 0.3 is 0 Å². The first kappa shape index (κ1) is 5.54. The van der Waals surface area contributed by atoms with Crippen molar-refractivity contribution in [2.45, 2.75) is 0 Å². The molecule has 1 aliphatic heterocycles. The molecule has 2 aliphatic rings. The molecule has 0 saturated heterocycles. The standard InChI is InChI=1S/C9H8N/c1-2-4-9-7-10-6-5-8(9)3-1/h1-7,10H. The van der Waals surface area contributed by atoms with Gasteiger partial charge in [0.05, 0.1) is 5.92 Å². The van der Waals surface area contributed by atoms with Gasteiger partial charge in [-0.15, -0.1) is 0 Å². The molecule has 10 heavy (non-hydrogen) atoms. The van der Waals surface area contributed by atoms with E-state index in [4.69, 9.17) is 0 Å². The van der Waals surface area contributed by atoms with Crippen molar-refractivity contribution < 1.29 is 0 Å². The second-order valence-corrected chi connectivity index (χ2v) is 2.27. The average molecular weight is 130 g/mol. The van der Waals surface area contributed by atoms with Crippen LogP contribution in [0.1, 0.15) is 0 Å². The Hall–Kier alpha value is -1.24. The highest BCUT2D eigenvalue weighted by Gasteiger charge is 2.09. The third kappa shape index (κ3) is 0.798. The molecule has 0 saturated carbocycles. The van der Waals surface area contributed by atoms with Crippen molar-refractivity contribution in [3.8, 4) is 0 Å². The summed E-state index contributed by atoms with van der Waals surface area (Å²) in [5, 5.41) is 3.04. The SMILES string of the molecule is C1=C[C]2C=CNC=C2C=C1. The largest absolute Gasteiger partial charge is 0.368 e. The van der Waals surface area contributed by atoms with Gasteiger partial charge in [-0.25, -0.2) is 0 Å². The predicted octanol–water partition coefficient (Wildman–Crippen LogP) is 1.69. The number of nitrogens with one attached hydrogen (secondary N) is 1. The molecule has 1 aliphatic carbocycles. The van der Waals surface area contributed by atoms with Crippen LogP contribution in [0.25, 0.3) is 0 Å². The molecule has 0 spiro atoms. The lowest BCUT2D eigenvalue weighted by Gasteiger charge is -2.15. The molecule has 0 atom stereocenters. The van der Waals surface area contributed by atoms with E-state index in [9.17, 15) is 0 Å². The summed E-state index contributed by atoms with van der Waals surface area (Å²) in [5.74, 6) is 1.28. The van der Waals surface area contributed by atoms with Gasteiger partial charge < -0.3 is 5.32 Å². The lowest BCUT2D eigenvalue weighted by molar-refractivity contribution is 1.10. The third-order valence-electron chi connectivity index (χ3n) is 1.59. The fourth-order valence-corrected chi connectivity index (χ4v) is 1.07. The van der Waals surface area contributed by atoms with E-state index in [-0.39, 0.29) is 0 Å². The van der Waals surface area contributed by atoms with Gasteiger partial charge in [-0.05, 0) is 11.8 Å². The Labute approximate surface area is 60.4 Å². The van der Waals surface area contributed by atoms with Gasteiger partial charge in [-0.1, -0.05) is 30.4 Å². The van der Waals surface area contributed by atoms with Crippen molar-refractivity contribution in [1.82, 2.24) is 5.32 Å². The van der Waals surface area contributed by atoms with Crippen molar-refractivity contribution in [2.75, 3.05) is 0 Å². The number of hydrogen-bond donors (Lipinski definition) is 1. The molecule has 1 radical (unpaired) electrons. The molecular weight excluding hydrogens is 122 g/mol. The quantitative estimate of drug-likeness (QED) is 0.526. The fraction of sp³-hybridized carbons (Fsp3) is 0. The van der Waals surface area contributed by atoms with Crippen LogP contribution in [0.2, 0.25) is 0 Å². The molecule has 0 bridgehead atoms. The number of dihydropyridines is 1. The summed E-state index contributed by atoms with van der Waals surface area (Å²) in [4.78, 5) is 0. The first-order valence-corrected chi connectivity index (χ1v) is 3.32. The summed E-state index contributed by atoms with van der Waals surface area (Å²) in [5.41, 5.74) is 1.25. The lowest BCUT2D eigenvalue weighted by atomic mass is 9.94. The van der Waals surface area contributed by atoms with Gasteiger partial charge in [0, 0.05) is 6.20 Å². The molecular formula is C9H8N. The molecule has 0 aromatic carbocycles. The van der Waals surface area contributed by atoms with E-state index in [1.54, 1.807) is 0 Å². The van der Waals surface area contributed by atoms with E-state index in [0.29, 0.717) is 0 Å². The minimum absolute atomic E-state index is 1.25. The minimum Gasteiger partial charge on any atom is -0.368 e. The van der Waals surface area contributed by atoms with E-state index in [0.717, 1.165) is 0 Å². The van der Waals surface area contributed by atoms with Crippen LogP contribution in [-0.2, 0) is 0 Å². The van der Waals surface area contributed by atoms with E-state index < -0.39 is 0 Å². The molecule has 0 amide bonds. The Bertz CT molecular complexity index is 243. The molecule has 1 nitrogen and oxygen atoms in total. The highest BCUT2D eigenvalue weighted by Crippen LogP contribution is 2.22. The Balaban J connectivity index is 2.33. The Morgan fingerprint density at radius 2 is 1.90 bits per heavy atom. The van der Waals surface area contributed by atoms with Crippen molar-refractivity contribution >= 4 is 0 Å². The van der Waals surface area contributed by atoms with Crippen LogP contribution in [0.4, 0.5) is 0 Å². The second-order valence-electron chi connectivity index (χ2n) is 2.27. The maximum absolute atomic E-state index is 3.04. The third-order valence-corrected chi connectivity index (χ3v) is 1.59. The van der Waals surface area contributed by atoms with Crippen molar-refractivity contribution in [3.63, 3.8) is 0 Å². The van der Waals surface area contributed by atoms with Crippen LogP contribution in [0.15, 0.2) is 48.4 Å². The molecule has 1 N–H and O–H groups in total. The molecule has 0 fully saturated rings. The topological polar surface area (TPSA) is 12.0 Å². The summed E-state index contributed by atoms with van der Waals surface area (Å²) < 4.78 is 0. The van der Waals surface area contributed by atoms with Gasteiger partial charge in [0.25, 0.3) is 0 Å². The van der Waals surface area contributed by atoms with Crippen molar-refractivity contribution in [1.29, 1.82) is 0 Å². The number of allylic oxidation sites excluding steroid dienone is 6. The second kappa shape index (κ2) is 2.18. The molecule has 2 rings (SSSR count). The summed E-state index contributed by atoms with van der Waals surface area (Å²) in [6.45, 7) is 0. The van der Waals surface area contributed by atoms with E-state index >= 15 is 0 Å². The van der Waals surface area contributed by atoms with E-state index in [1.165, 1.54) is 11.5 Å². The Morgan fingerprint density at radius 3 is 2.80 bits per heavy atom. The Kier molecular flexibility index (Phi) is 1.21. The van der Waals surface area contributed by atoms with Gasteiger partial charge in [-0.2, -0.15) is 0 Å². The lowest BCUT2D eigenvalue weighted by Crippen LogP contribution is -2.07. The summed E-state index contributed by atoms with van der Waals surface area (Å²) in [6, 6.07) is 0. The summed E-state index contributed by atoms with van der Waals surface area (Å²) in [6.07, 6.45) is 14.3. The van der Waals surface area contributed by atoms with Crippen LogP contribution in [-0.4, -0.2) is 0 Å². The zero-order chi connectivity index (χ0) is 6.81. The number of rotatable bonds is 0. The van der Waals surface area contributed by atoms with Crippen LogP contribution in [0, 0.1) is 5.92 Å². The van der Waals surface area contributed by atoms with Gasteiger partial charge in [-0.3, -0.25) is 0 Å². The highest BCUT2D eigenvalue weighted by atomic mass is 14.8. The van der Waals surface area contributed by atoms with Crippen LogP contribution in [0.5, 0.6) is 0 Å². The smallest absolute Gasteiger partial charge is 0.0514 e. The van der Waals surface area contributed by atoms with Gasteiger partial charge in [0.15, 0.2) is 0 Å². The first-order chi connectivity index (χ1) is 4.97. The van der Waals surface area contributed by atoms with Gasteiger partial charge in [0.1, 0.15) is 0 Å². The van der Waals surface area contributed by atoms with E-state index in [2.05, 4.69) is 23.5 Å². The van der Waals surface area contributed by atoms with Crippen LogP contribution < -0.4 is 5.32 Å². The normalized spacial score (nSPS) is 21.8. The number of hydrogen-bond acceptors (Lipinski definition) is 1. The molecule has 0 aromatic rings. The summed E-state index contributed by atoms with van der Waals surface area (Å²) in [7, 11) is 0. The zero-order valence-electron chi connectivity index (χ0n) is 5.54. The maximum Gasteiger partial charge on any atom is 0.0514 e. The van der Waals surface area contributed by atoms with E-state index in [1.807, 2.05) is 24.6 Å². The molecule has 1 heteroatoms. The summed E-state index contributed by atoms with van der Waals surface area (Å²) >= 11 is 0. The molecule has 0 aromatic heterocycles. The highest BCUT2D eigenvalue weighted by molar-refractivity contribution is 5.52. The van der Waals surface area contributed by atoms with Crippen molar-refractivity contribution in [3.05, 3.63) is 54.3 Å².